The highest BCUT2D eigenvalue weighted by Gasteiger charge is 2.42. The summed E-state index contributed by atoms with van der Waals surface area (Å²) in [5.41, 5.74) is 6.22. The highest BCUT2D eigenvalue weighted by Crippen LogP contribution is 2.48. The molecule has 0 amide bonds. The molecule has 0 aromatic carbocycles. The molecule has 0 unspecified atom stereocenters. The molecule has 72 valence electrons. The highest BCUT2D eigenvalue weighted by molar-refractivity contribution is 4.95. The summed E-state index contributed by atoms with van der Waals surface area (Å²) in [7, 11) is 0. The largest absolute Gasteiger partial charge is 0.330 e. The SMILES string of the molecule is CCN(CC)CC1(CCN)CC1. The Morgan fingerprint density at radius 1 is 1.25 bits per heavy atom. The van der Waals surface area contributed by atoms with E-state index in [1.165, 1.54) is 38.9 Å². The Bertz CT molecular complexity index is 126. The summed E-state index contributed by atoms with van der Waals surface area (Å²) in [5, 5.41) is 0. The van der Waals surface area contributed by atoms with Crippen molar-refractivity contribution in [3.63, 3.8) is 0 Å². The minimum Gasteiger partial charge on any atom is -0.330 e. The van der Waals surface area contributed by atoms with Crippen LogP contribution in [0.2, 0.25) is 0 Å². The maximum Gasteiger partial charge on any atom is 0.00382 e. The van der Waals surface area contributed by atoms with E-state index in [0.29, 0.717) is 5.41 Å². The molecule has 2 N–H and O–H groups in total. The van der Waals surface area contributed by atoms with Gasteiger partial charge in [-0.05, 0) is 44.3 Å². The first-order valence-electron chi connectivity index (χ1n) is 5.19. The van der Waals surface area contributed by atoms with Crippen molar-refractivity contribution in [2.24, 2.45) is 11.1 Å². The summed E-state index contributed by atoms with van der Waals surface area (Å²) in [6.07, 6.45) is 4.03. The predicted molar refractivity (Wildman–Crippen MR) is 53.1 cm³/mol. The van der Waals surface area contributed by atoms with Crippen LogP contribution < -0.4 is 5.73 Å². The second-order valence-electron chi connectivity index (χ2n) is 4.00. The first kappa shape index (κ1) is 10.0. The zero-order valence-electron chi connectivity index (χ0n) is 8.47. The lowest BCUT2D eigenvalue weighted by Gasteiger charge is -2.24. The van der Waals surface area contributed by atoms with E-state index in [4.69, 9.17) is 5.73 Å². The van der Waals surface area contributed by atoms with Crippen LogP contribution in [0.5, 0.6) is 0 Å². The second kappa shape index (κ2) is 4.24. The average Bonchev–Trinajstić information content (AvgIpc) is 2.82. The standard InChI is InChI=1S/C10H22N2/c1-3-12(4-2)9-10(5-6-10)7-8-11/h3-9,11H2,1-2H3. The van der Waals surface area contributed by atoms with E-state index in [9.17, 15) is 0 Å². The minimum absolute atomic E-state index is 0.626. The Morgan fingerprint density at radius 3 is 2.17 bits per heavy atom. The molecule has 0 heterocycles. The van der Waals surface area contributed by atoms with Crippen molar-refractivity contribution in [1.82, 2.24) is 4.90 Å². The summed E-state index contributed by atoms with van der Waals surface area (Å²) in [6.45, 7) is 8.98. The van der Waals surface area contributed by atoms with Gasteiger partial charge in [0, 0.05) is 6.54 Å². The maximum absolute atomic E-state index is 5.59. The third kappa shape index (κ3) is 2.46. The van der Waals surface area contributed by atoms with Gasteiger partial charge in [-0.25, -0.2) is 0 Å². The van der Waals surface area contributed by atoms with Crippen LogP contribution in [0.15, 0.2) is 0 Å². The van der Waals surface area contributed by atoms with Gasteiger partial charge in [-0.1, -0.05) is 13.8 Å². The first-order valence-corrected chi connectivity index (χ1v) is 5.19. The van der Waals surface area contributed by atoms with Crippen molar-refractivity contribution in [3.8, 4) is 0 Å². The molecular formula is C10H22N2. The summed E-state index contributed by atoms with van der Waals surface area (Å²) >= 11 is 0. The summed E-state index contributed by atoms with van der Waals surface area (Å²) in [5.74, 6) is 0. The lowest BCUT2D eigenvalue weighted by molar-refractivity contribution is 0.233. The Hall–Kier alpha value is -0.0800. The topological polar surface area (TPSA) is 29.3 Å². The molecule has 1 fully saturated rings. The van der Waals surface area contributed by atoms with Crippen molar-refractivity contribution in [1.29, 1.82) is 0 Å². The second-order valence-corrected chi connectivity index (χ2v) is 4.00. The molecule has 0 aromatic rings. The molecule has 1 aliphatic carbocycles. The zero-order valence-corrected chi connectivity index (χ0v) is 8.47. The summed E-state index contributed by atoms with van der Waals surface area (Å²) in [4.78, 5) is 2.52. The summed E-state index contributed by atoms with van der Waals surface area (Å²) in [6, 6.07) is 0. The van der Waals surface area contributed by atoms with Gasteiger partial charge >= 0.3 is 0 Å². The van der Waals surface area contributed by atoms with Gasteiger partial charge < -0.3 is 10.6 Å². The van der Waals surface area contributed by atoms with Crippen LogP contribution in [0.3, 0.4) is 0 Å². The van der Waals surface area contributed by atoms with Gasteiger partial charge in [0.2, 0.25) is 0 Å². The molecule has 1 rings (SSSR count). The highest BCUT2D eigenvalue weighted by atomic mass is 15.1. The lowest BCUT2D eigenvalue weighted by atomic mass is 10.0. The van der Waals surface area contributed by atoms with E-state index in [1.54, 1.807) is 0 Å². The van der Waals surface area contributed by atoms with Gasteiger partial charge in [0.1, 0.15) is 0 Å². The van der Waals surface area contributed by atoms with Crippen LogP contribution >= 0.6 is 0 Å². The molecule has 2 heteroatoms. The van der Waals surface area contributed by atoms with Crippen LogP contribution in [-0.2, 0) is 0 Å². The number of nitrogens with zero attached hydrogens (tertiary/aromatic N) is 1. The van der Waals surface area contributed by atoms with Crippen molar-refractivity contribution >= 4 is 0 Å². The molecule has 0 radical (unpaired) electrons. The van der Waals surface area contributed by atoms with Crippen LogP contribution in [0.25, 0.3) is 0 Å². The molecular weight excluding hydrogens is 148 g/mol. The zero-order chi connectivity index (χ0) is 9.03. The van der Waals surface area contributed by atoms with E-state index in [1.807, 2.05) is 0 Å². The molecule has 1 aliphatic rings. The summed E-state index contributed by atoms with van der Waals surface area (Å²) < 4.78 is 0. The van der Waals surface area contributed by atoms with Crippen molar-refractivity contribution in [3.05, 3.63) is 0 Å². The van der Waals surface area contributed by atoms with E-state index < -0.39 is 0 Å². The Kier molecular flexibility index (Phi) is 3.53. The van der Waals surface area contributed by atoms with Gasteiger partial charge in [-0.3, -0.25) is 0 Å². The van der Waals surface area contributed by atoms with E-state index in [2.05, 4.69) is 18.7 Å². The van der Waals surface area contributed by atoms with Crippen molar-refractivity contribution < 1.29 is 0 Å². The van der Waals surface area contributed by atoms with Gasteiger partial charge in [0.05, 0.1) is 0 Å². The minimum atomic E-state index is 0.626. The van der Waals surface area contributed by atoms with Crippen molar-refractivity contribution in [2.45, 2.75) is 33.1 Å². The number of nitrogens with two attached hydrogens (primary N) is 1. The molecule has 0 atom stereocenters. The molecule has 0 bridgehead atoms. The first-order chi connectivity index (χ1) is 5.76. The van der Waals surface area contributed by atoms with Gasteiger partial charge in [-0.15, -0.1) is 0 Å². The third-order valence-corrected chi connectivity index (χ3v) is 3.09. The van der Waals surface area contributed by atoms with Crippen LogP contribution in [-0.4, -0.2) is 31.1 Å². The van der Waals surface area contributed by atoms with Gasteiger partial charge in [0.15, 0.2) is 0 Å². The van der Waals surface area contributed by atoms with E-state index >= 15 is 0 Å². The molecule has 0 spiro atoms. The molecule has 12 heavy (non-hydrogen) atoms. The molecule has 1 saturated carbocycles. The fourth-order valence-corrected chi connectivity index (χ4v) is 1.89. The quantitative estimate of drug-likeness (QED) is 0.654. The fraction of sp³-hybridized carbons (Fsp3) is 1.00. The Labute approximate surface area is 76.1 Å². The van der Waals surface area contributed by atoms with E-state index in [-0.39, 0.29) is 0 Å². The van der Waals surface area contributed by atoms with Crippen LogP contribution in [0, 0.1) is 5.41 Å². The normalized spacial score (nSPS) is 20.0. The molecule has 0 aliphatic heterocycles. The third-order valence-electron chi connectivity index (χ3n) is 3.09. The number of rotatable bonds is 6. The van der Waals surface area contributed by atoms with Gasteiger partial charge in [0.25, 0.3) is 0 Å². The van der Waals surface area contributed by atoms with Crippen molar-refractivity contribution in [2.75, 3.05) is 26.2 Å². The Morgan fingerprint density at radius 2 is 1.83 bits per heavy atom. The number of hydrogen-bond donors (Lipinski definition) is 1. The average molecular weight is 170 g/mol. The number of hydrogen-bond acceptors (Lipinski definition) is 2. The smallest absolute Gasteiger partial charge is 0.00382 e. The lowest BCUT2D eigenvalue weighted by Crippen LogP contribution is -2.31. The fourth-order valence-electron chi connectivity index (χ4n) is 1.89. The van der Waals surface area contributed by atoms with E-state index in [0.717, 1.165) is 6.54 Å². The maximum atomic E-state index is 5.59. The Balaban J connectivity index is 2.28. The van der Waals surface area contributed by atoms with Gasteiger partial charge in [-0.2, -0.15) is 0 Å². The monoisotopic (exact) mass is 170 g/mol. The van der Waals surface area contributed by atoms with Crippen LogP contribution in [0.1, 0.15) is 33.1 Å². The van der Waals surface area contributed by atoms with Crippen LogP contribution in [0.4, 0.5) is 0 Å². The molecule has 0 aromatic heterocycles. The predicted octanol–water partition coefficient (Wildman–Crippen LogP) is 1.46. The molecule has 0 saturated heterocycles. The molecule has 2 nitrogen and oxygen atoms in total.